The van der Waals surface area contributed by atoms with Crippen LogP contribution in [0.2, 0.25) is 0 Å². The van der Waals surface area contributed by atoms with E-state index in [1.165, 1.54) is 11.1 Å². The number of hydrogen-bond donors (Lipinski definition) is 2. The minimum Gasteiger partial charge on any atom is -0.507 e. The number of carbonyl (C=O) groups excluding carboxylic acids is 1. The molecule has 1 spiro atoms. The van der Waals surface area contributed by atoms with Crippen LogP contribution in [0, 0.1) is 0 Å². The van der Waals surface area contributed by atoms with Gasteiger partial charge in [-0.15, -0.1) is 0 Å². The lowest BCUT2D eigenvalue weighted by Gasteiger charge is -2.45. The normalized spacial score (nSPS) is 17.9. The molecule has 5 heteroatoms. The number of hydrogen-bond acceptors (Lipinski definition) is 4. The second-order valence-corrected chi connectivity index (χ2v) is 8.84. The van der Waals surface area contributed by atoms with Gasteiger partial charge in [0.1, 0.15) is 16.9 Å². The molecule has 3 aromatic carbocycles. The van der Waals surface area contributed by atoms with E-state index in [4.69, 9.17) is 4.42 Å². The van der Waals surface area contributed by atoms with Crippen molar-refractivity contribution in [3.8, 4) is 5.75 Å². The molecule has 1 aromatic heterocycles. The quantitative estimate of drug-likeness (QED) is 0.479. The molecule has 0 bridgehead atoms. The third-order valence-corrected chi connectivity index (χ3v) is 7.03. The van der Waals surface area contributed by atoms with E-state index in [1.807, 2.05) is 29.2 Å². The Kier molecular flexibility index (Phi) is 4.08. The van der Waals surface area contributed by atoms with Gasteiger partial charge in [0.15, 0.2) is 0 Å². The summed E-state index contributed by atoms with van der Waals surface area (Å²) in [5, 5.41) is 16.1. The molecule has 2 N–H and O–H groups in total. The summed E-state index contributed by atoms with van der Waals surface area (Å²) in [6, 6.07) is 19.6. The Balaban J connectivity index is 1.24. The predicted molar refractivity (Wildman–Crippen MR) is 120 cm³/mol. The summed E-state index contributed by atoms with van der Waals surface area (Å²) in [7, 11) is 0. The molecule has 0 unspecified atom stereocenters. The zero-order chi connectivity index (χ0) is 21.0. The van der Waals surface area contributed by atoms with Crippen LogP contribution >= 0.6 is 0 Å². The first-order valence-corrected chi connectivity index (χ1v) is 10.9. The number of phenols is 1. The molecule has 3 heterocycles. The Bertz CT molecular complexity index is 1310. The average molecular weight is 412 g/mol. The van der Waals surface area contributed by atoms with Gasteiger partial charge in [0.2, 0.25) is 0 Å². The molecule has 1 saturated heterocycles. The number of nitrogens with one attached hydrogen (secondary N) is 1. The first kappa shape index (κ1) is 18.5. The van der Waals surface area contributed by atoms with Crippen LogP contribution in [0.15, 0.2) is 65.1 Å². The summed E-state index contributed by atoms with van der Waals surface area (Å²) < 4.78 is 5.92. The maximum atomic E-state index is 13.3. The maximum Gasteiger partial charge on any atom is 0.257 e. The topological polar surface area (TPSA) is 65.7 Å². The molecular weight excluding hydrogens is 388 g/mol. The van der Waals surface area contributed by atoms with Crippen molar-refractivity contribution in [3.05, 3.63) is 77.4 Å². The second-order valence-electron chi connectivity index (χ2n) is 8.84. The van der Waals surface area contributed by atoms with Gasteiger partial charge in [0, 0.05) is 35.9 Å². The number of piperidine rings is 1. The molecule has 0 atom stereocenters. The fourth-order valence-corrected chi connectivity index (χ4v) is 5.21. The Morgan fingerprint density at radius 2 is 1.68 bits per heavy atom. The van der Waals surface area contributed by atoms with Gasteiger partial charge in [-0.05, 0) is 48.6 Å². The Hall–Kier alpha value is -3.31. The maximum absolute atomic E-state index is 13.3. The highest BCUT2D eigenvalue weighted by Gasteiger charge is 2.38. The van der Waals surface area contributed by atoms with Gasteiger partial charge in [-0.25, -0.2) is 0 Å². The standard InChI is InChI=1S/C26H24N2O3/c29-22-13-20-19-7-3-4-8-23(19)31-24(20)14-21(22)25(30)28-11-9-26(10-12-28)15-17-5-1-2-6-18(17)16-27-26/h1-8,13-14,27,29H,9-12,15-16H2. The predicted octanol–water partition coefficient (Wildman–Crippen LogP) is 4.61. The third-order valence-electron chi connectivity index (χ3n) is 7.03. The zero-order valence-electron chi connectivity index (χ0n) is 17.2. The molecule has 0 aliphatic carbocycles. The molecule has 31 heavy (non-hydrogen) atoms. The van der Waals surface area contributed by atoms with Crippen molar-refractivity contribution in [2.24, 2.45) is 0 Å². The monoisotopic (exact) mass is 412 g/mol. The van der Waals surface area contributed by atoms with E-state index in [-0.39, 0.29) is 17.2 Å². The molecule has 4 aromatic rings. The third kappa shape index (κ3) is 3.00. The van der Waals surface area contributed by atoms with Gasteiger partial charge in [0.25, 0.3) is 5.91 Å². The molecule has 2 aliphatic rings. The first-order chi connectivity index (χ1) is 15.1. The van der Waals surface area contributed by atoms with E-state index in [0.29, 0.717) is 24.2 Å². The van der Waals surface area contributed by atoms with Crippen molar-refractivity contribution in [2.75, 3.05) is 13.1 Å². The fourth-order valence-electron chi connectivity index (χ4n) is 5.21. The Labute approximate surface area is 180 Å². The van der Waals surface area contributed by atoms with Gasteiger partial charge in [-0.1, -0.05) is 42.5 Å². The summed E-state index contributed by atoms with van der Waals surface area (Å²) in [6.45, 7) is 2.23. The van der Waals surface area contributed by atoms with Crippen LogP contribution in [-0.2, 0) is 13.0 Å². The highest BCUT2D eigenvalue weighted by atomic mass is 16.3. The largest absolute Gasteiger partial charge is 0.507 e. The molecule has 1 amide bonds. The molecule has 6 rings (SSSR count). The van der Waals surface area contributed by atoms with Crippen LogP contribution in [0.3, 0.4) is 0 Å². The Morgan fingerprint density at radius 3 is 2.52 bits per heavy atom. The number of nitrogens with zero attached hydrogens (tertiary/aromatic N) is 1. The van der Waals surface area contributed by atoms with Crippen LogP contribution in [0.1, 0.15) is 34.3 Å². The van der Waals surface area contributed by atoms with Crippen LogP contribution in [0.4, 0.5) is 0 Å². The van der Waals surface area contributed by atoms with Gasteiger partial charge >= 0.3 is 0 Å². The average Bonchev–Trinajstić information content (AvgIpc) is 3.16. The van der Waals surface area contributed by atoms with Crippen molar-refractivity contribution in [2.45, 2.75) is 31.3 Å². The highest BCUT2D eigenvalue weighted by molar-refractivity contribution is 6.09. The SMILES string of the molecule is O=C(c1cc2oc3ccccc3c2cc1O)N1CCC2(CC1)Cc1ccccc1CN2. The van der Waals surface area contributed by atoms with Crippen LogP contribution in [0.5, 0.6) is 5.75 Å². The molecule has 0 radical (unpaired) electrons. The number of carbonyl (C=O) groups is 1. The van der Waals surface area contributed by atoms with Crippen LogP contribution < -0.4 is 5.32 Å². The van der Waals surface area contributed by atoms with Gasteiger partial charge < -0.3 is 19.7 Å². The summed E-state index contributed by atoms with van der Waals surface area (Å²) in [6.07, 6.45) is 2.81. The molecule has 2 aliphatic heterocycles. The molecule has 5 nitrogen and oxygen atoms in total. The fraction of sp³-hybridized carbons (Fsp3) is 0.269. The Morgan fingerprint density at radius 1 is 0.935 bits per heavy atom. The molecule has 156 valence electrons. The van der Waals surface area contributed by atoms with E-state index in [1.54, 1.807) is 12.1 Å². The summed E-state index contributed by atoms with van der Waals surface area (Å²) in [5.74, 6) is -0.125. The molecule has 1 fully saturated rings. The smallest absolute Gasteiger partial charge is 0.257 e. The van der Waals surface area contributed by atoms with Crippen molar-refractivity contribution >= 4 is 27.8 Å². The molecule has 0 saturated carbocycles. The lowest BCUT2D eigenvalue weighted by atomic mass is 9.78. The second kappa shape index (κ2) is 6.86. The number of benzene rings is 3. The van der Waals surface area contributed by atoms with Gasteiger partial charge in [-0.2, -0.15) is 0 Å². The lowest BCUT2D eigenvalue weighted by Crippen LogP contribution is -2.57. The first-order valence-electron chi connectivity index (χ1n) is 10.9. The van der Waals surface area contributed by atoms with Crippen LogP contribution in [0.25, 0.3) is 21.9 Å². The van der Waals surface area contributed by atoms with Crippen molar-refractivity contribution in [1.29, 1.82) is 0 Å². The van der Waals surface area contributed by atoms with E-state index in [0.717, 1.165) is 42.2 Å². The lowest BCUT2D eigenvalue weighted by molar-refractivity contribution is 0.0628. The van der Waals surface area contributed by atoms with Gasteiger partial charge in [-0.3, -0.25) is 4.79 Å². The number of likely N-dealkylation sites (tertiary alicyclic amines) is 1. The van der Waals surface area contributed by atoms with E-state index < -0.39 is 0 Å². The van der Waals surface area contributed by atoms with E-state index in [9.17, 15) is 9.90 Å². The highest BCUT2D eigenvalue weighted by Crippen LogP contribution is 2.36. The van der Waals surface area contributed by atoms with E-state index in [2.05, 4.69) is 29.6 Å². The van der Waals surface area contributed by atoms with E-state index >= 15 is 0 Å². The zero-order valence-corrected chi connectivity index (χ0v) is 17.2. The molecular formula is C26H24N2O3. The number of rotatable bonds is 1. The van der Waals surface area contributed by atoms with Crippen molar-refractivity contribution < 1.29 is 14.3 Å². The summed E-state index contributed by atoms with van der Waals surface area (Å²) in [4.78, 5) is 15.1. The number of aromatic hydroxyl groups is 1. The number of para-hydroxylation sites is 1. The number of fused-ring (bicyclic) bond motifs is 4. The number of furan rings is 1. The van der Waals surface area contributed by atoms with Crippen molar-refractivity contribution in [1.82, 2.24) is 10.2 Å². The van der Waals surface area contributed by atoms with Crippen LogP contribution in [-0.4, -0.2) is 34.5 Å². The number of phenolic OH excluding ortho intramolecular Hbond substituents is 1. The summed E-state index contributed by atoms with van der Waals surface area (Å²) in [5.41, 5.74) is 4.52. The minimum atomic E-state index is -0.133. The minimum absolute atomic E-state index is 0.00839. The number of amides is 1. The van der Waals surface area contributed by atoms with Crippen molar-refractivity contribution in [3.63, 3.8) is 0 Å². The van der Waals surface area contributed by atoms with Gasteiger partial charge in [0.05, 0.1) is 5.56 Å². The summed E-state index contributed by atoms with van der Waals surface area (Å²) >= 11 is 0.